The Morgan fingerprint density at radius 3 is 2.30 bits per heavy atom. The summed E-state index contributed by atoms with van der Waals surface area (Å²) >= 11 is 9.46. The van der Waals surface area contributed by atoms with Crippen molar-refractivity contribution in [3.05, 3.63) is 68.7 Å². The first-order valence-corrected chi connectivity index (χ1v) is 7.93. The monoisotopic (exact) mass is 352 g/mol. The van der Waals surface area contributed by atoms with Gasteiger partial charge in [0, 0.05) is 15.1 Å². The Bertz CT molecular complexity index is 580. The molecule has 2 unspecified atom stereocenters. The Morgan fingerprint density at radius 2 is 1.70 bits per heavy atom. The number of hydrogen-bond donors (Lipinski definition) is 1. The van der Waals surface area contributed by atoms with Crippen LogP contribution in [0.5, 0.6) is 0 Å². The van der Waals surface area contributed by atoms with Crippen molar-refractivity contribution in [2.75, 3.05) is 0 Å². The number of aliphatic hydroxyl groups excluding tert-OH is 1. The van der Waals surface area contributed by atoms with Crippen molar-refractivity contribution in [2.45, 2.75) is 32.3 Å². The molecule has 0 aliphatic heterocycles. The summed E-state index contributed by atoms with van der Waals surface area (Å²) in [5.74, 6) is 0.541. The average molecular weight is 354 g/mol. The van der Waals surface area contributed by atoms with Gasteiger partial charge in [0.15, 0.2) is 0 Å². The van der Waals surface area contributed by atoms with Gasteiger partial charge in [0.2, 0.25) is 0 Å². The Morgan fingerprint density at radius 1 is 1.10 bits per heavy atom. The maximum absolute atomic E-state index is 10.5. The van der Waals surface area contributed by atoms with Gasteiger partial charge in [-0.1, -0.05) is 65.6 Å². The number of hydrogen-bond acceptors (Lipinski definition) is 1. The quantitative estimate of drug-likeness (QED) is 0.747. The Labute approximate surface area is 133 Å². The van der Waals surface area contributed by atoms with Crippen molar-refractivity contribution in [3.8, 4) is 0 Å². The smallest absolute Gasteiger partial charge is 0.105 e. The molecule has 0 aliphatic carbocycles. The number of benzene rings is 2. The lowest BCUT2D eigenvalue weighted by molar-refractivity contribution is 0.219. The van der Waals surface area contributed by atoms with Crippen LogP contribution in [0.1, 0.15) is 49.0 Å². The van der Waals surface area contributed by atoms with Crippen LogP contribution in [0.3, 0.4) is 0 Å². The minimum absolute atomic E-state index is 0.541. The number of halogens is 2. The highest BCUT2D eigenvalue weighted by atomic mass is 79.9. The lowest BCUT2D eigenvalue weighted by Gasteiger charge is -2.15. The van der Waals surface area contributed by atoms with E-state index in [9.17, 15) is 5.11 Å². The first-order chi connectivity index (χ1) is 9.52. The molecule has 2 rings (SSSR count). The van der Waals surface area contributed by atoms with Crippen molar-refractivity contribution in [2.24, 2.45) is 0 Å². The van der Waals surface area contributed by atoms with Crippen LogP contribution < -0.4 is 0 Å². The van der Waals surface area contributed by atoms with Crippen molar-refractivity contribution in [1.82, 2.24) is 0 Å². The van der Waals surface area contributed by atoms with E-state index in [4.69, 9.17) is 11.6 Å². The molecule has 0 amide bonds. The van der Waals surface area contributed by atoms with E-state index in [-0.39, 0.29) is 0 Å². The van der Waals surface area contributed by atoms with Crippen molar-refractivity contribution < 1.29 is 5.11 Å². The lowest BCUT2D eigenvalue weighted by Crippen LogP contribution is -2.01. The summed E-state index contributed by atoms with van der Waals surface area (Å²) in [6.45, 7) is 4.38. The van der Waals surface area contributed by atoms with Crippen LogP contribution in [0.2, 0.25) is 5.02 Å². The maximum atomic E-state index is 10.5. The van der Waals surface area contributed by atoms with Crippen LogP contribution in [0, 0.1) is 0 Å². The molecule has 0 bridgehead atoms. The molecule has 2 aromatic rings. The second kappa shape index (κ2) is 6.75. The Kier molecular flexibility index (Phi) is 5.25. The molecule has 0 saturated carbocycles. The minimum atomic E-state index is -0.672. The van der Waals surface area contributed by atoms with Crippen LogP contribution >= 0.6 is 27.5 Å². The highest BCUT2D eigenvalue weighted by Gasteiger charge is 2.14. The molecule has 0 aliphatic rings. The molecule has 0 heterocycles. The zero-order chi connectivity index (χ0) is 14.7. The van der Waals surface area contributed by atoms with Gasteiger partial charge in [0.25, 0.3) is 0 Å². The summed E-state index contributed by atoms with van der Waals surface area (Å²) in [6, 6.07) is 13.6. The third-order valence-corrected chi connectivity index (χ3v) is 4.64. The molecule has 2 atom stereocenters. The van der Waals surface area contributed by atoms with Gasteiger partial charge >= 0.3 is 0 Å². The molecule has 2 aromatic carbocycles. The highest BCUT2D eigenvalue weighted by Crippen LogP contribution is 2.31. The standard InChI is InChI=1S/C17H18BrClO/c1-3-11(2)12-4-6-13(7-5-12)17(20)15-10-14(19)8-9-16(15)18/h4-11,17,20H,3H2,1-2H3. The molecule has 106 valence electrons. The highest BCUT2D eigenvalue weighted by molar-refractivity contribution is 9.10. The largest absolute Gasteiger partial charge is 0.384 e. The third kappa shape index (κ3) is 3.43. The zero-order valence-corrected chi connectivity index (χ0v) is 13.9. The summed E-state index contributed by atoms with van der Waals surface area (Å²) in [6.07, 6.45) is 0.441. The van der Waals surface area contributed by atoms with E-state index < -0.39 is 6.10 Å². The SMILES string of the molecule is CCC(C)c1ccc(C(O)c2cc(Cl)ccc2Br)cc1. The molecular weight excluding hydrogens is 336 g/mol. The fourth-order valence-corrected chi connectivity index (χ4v) is 2.79. The zero-order valence-electron chi connectivity index (χ0n) is 11.6. The van der Waals surface area contributed by atoms with E-state index in [1.165, 1.54) is 5.56 Å². The van der Waals surface area contributed by atoms with Crippen LogP contribution in [0.4, 0.5) is 0 Å². The van der Waals surface area contributed by atoms with E-state index in [2.05, 4.69) is 41.9 Å². The molecule has 0 radical (unpaired) electrons. The Hall–Kier alpha value is -0.830. The van der Waals surface area contributed by atoms with E-state index >= 15 is 0 Å². The molecule has 1 N–H and O–H groups in total. The summed E-state index contributed by atoms with van der Waals surface area (Å²) in [5, 5.41) is 11.1. The predicted octanol–water partition coefficient (Wildman–Crippen LogP) is 5.70. The van der Waals surface area contributed by atoms with E-state index in [0.29, 0.717) is 10.9 Å². The van der Waals surface area contributed by atoms with Gasteiger partial charge < -0.3 is 5.11 Å². The summed E-state index contributed by atoms with van der Waals surface area (Å²) in [7, 11) is 0. The Balaban J connectivity index is 2.29. The van der Waals surface area contributed by atoms with E-state index in [0.717, 1.165) is 22.0 Å². The van der Waals surface area contributed by atoms with E-state index in [1.807, 2.05) is 18.2 Å². The second-order valence-corrected chi connectivity index (χ2v) is 6.34. The molecule has 0 spiro atoms. The molecule has 20 heavy (non-hydrogen) atoms. The van der Waals surface area contributed by atoms with Crippen molar-refractivity contribution >= 4 is 27.5 Å². The van der Waals surface area contributed by atoms with Gasteiger partial charge in [-0.15, -0.1) is 0 Å². The first-order valence-electron chi connectivity index (χ1n) is 6.75. The van der Waals surface area contributed by atoms with Crippen LogP contribution in [-0.2, 0) is 0 Å². The second-order valence-electron chi connectivity index (χ2n) is 5.04. The molecule has 0 saturated heterocycles. The lowest BCUT2D eigenvalue weighted by atomic mass is 9.95. The topological polar surface area (TPSA) is 20.2 Å². The first kappa shape index (κ1) is 15.6. The van der Waals surface area contributed by atoms with Gasteiger partial charge in [-0.2, -0.15) is 0 Å². The fourth-order valence-electron chi connectivity index (χ4n) is 2.15. The summed E-state index contributed by atoms with van der Waals surface area (Å²) < 4.78 is 0.861. The van der Waals surface area contributed by atoms with Crippen LogP contribution in [0.15, 0.2) is 46.9 Å². The van der Waals surface area contributed by atoms with Crippen molar-refractivity contribution in [3.63, 3.8) is 0 Å². The summed E-state index contributed by atoms with van der Waals surface area (Å²) in [4.78, 5) is 0. The third-order valence-electron chi connectivity index (χ3n) is 3.69. The normalized spacial score (nSPS) is 14.1. The van der Waals surface area contributed by atoms with Crippen LogP contribution in [-0.4, -0.2) is 5.11 Å². The number of rotatable bonds is 4. The van der Waals surface area contributed by atoms with Crippen LogP contribution in [0.25, 0.3) is 0 Å². The fraction of sp³-hybridized carbons (Fsp3) is 0.294. The molecular formula is C17H18BrClO. The summed E-state index contributed by atoms with van der Waals surface area (Å²) in [5.41, 5.74) is 2.96. The number of aliphatic hydroxyl groups is 1. The molecule has 1 nitrogen and oxygen atoms in total. The van der Waals surface area contributed by atoms with Gasteiger partial charge in [0.05, 0.1) is 0 Å². The predicted molar refractivity (Wildman–Crippen MR) is 88.4 cm³/mol. The van der Waals surface area contributed by atoms with Crippen molar-refractivity contribution in [1.29, 1.82) is 0 Å². The average Bonchev–Trinajstić information content (AvgIpc) is 2.48. The van der Waals surface area contributed by atoms with Gasteiger partial charge in [-0.25, -0.2) is 0 Å². The van der Waals surface area contributed by atoms with Gasteiger partial charge in [-0.3, -0.25) is 0 Å². The van der Waals surface area contributed by atoms with E-state index in [1.54, 1.807) is 12.1 Å². The van der Waals surface area contributed by atoms with Gasteiger partial charge in [-0.05, 0) is 41.7 Å². The maximum Gasteiger partial charge on any atom is 0.105 e. The van der Waals surface area contributed by atoms with Gasteiger partial charge in [0.1, 0.15) is 6.10 Å². The minimum Gasteiger partial charge on any atom is -0.384 e. The molecule has 3 heteroatoms. The molecule has 0 aromatic heterocycles. The molecule has 0 fully saturated rings.